The normalized spacial score (nSPS) is 10.4. The molecule has 2 N–H and O–H groups in total. The van der Waals surface area contributed by atoms with E-state index in [4.69, 9.17) is 4.74 Å². The van der Waals surface area contributed by atoms with Crippen LogP contribution in [0.25, 0.3) is 10.6 Å². The Morgan fingerprint density at radius 1 is 1.07 bits per heavy atom. The van der Waals surface area contributed by atoms with Crippen LogP contribution in [-0.2, 0) is 9.59 Å². The molecule has 1 heterocycles. The maximum Gasteiger partial charge on any atom is 0.258 e. The minimum Gasteiger partial charge on any atom is -0.484 e. The number of nitrogens with one attached hydrogen (secondary N) is 2. The van der Waals surface area contributed by atoms with E-state index < -0.39 is 17.6 Å². The van der Waals surface area contributed by atoms with Gasteiger partial charge in [-0.2, -0.15) is 0 Å². The fraction of sp³-hybridized carbons (Fsp3) is 0.150. The number of aryl methyl sites for hydroxylation is 1. The average Bonchev–Trinajstić information content (AvgIpc) is 3.13. The molecule has 3 rings (SSSR count). The standard InChI is InChI=1S/C20H18FN3O3S/c1-13-12-28-20(23-13)14-2-8-17(9-3-14)27-11-19(26)22-10-18(25)24-16-6-4-15(21)5-7-16/h2-9,12H,10-11H2,1H3,(H,22,26)(H,24,25). The number of hydrogen-bond acceptors (Lipinski definition) is 5. The van der Waals surface area contributed by atoms with Gasteiger partial charge >= 0.3 is 0 Å². The molecular weight excluding hydrogens is 381 g/mol. The Hall–Kier alpha value is -3.26. The molecule has 28 heavy (non-hydrogen) atoms. The van der Waals surface area contributed by atoms with Crippen LogP contribution in [0.15, 0.2) is 53.9 Å². The van der Waals surface area contributed by atoms with Crippen LogP contribution in [0, 0.1) is 12.7 Å². The second-order valence-corrected chi connectivity index (χ2v) is 6.80. The monoisotopic (exact) mass is 399 g/mol. The second-order valence-electron chi connectivity index (χ2n) is 5.94. The number of ether oxygens (including phenoxy) is 1. The highest BCUT2D eigenvalue weighted by atomic mass is 32.1. The number of rotatable bonds is 7. The zero-order chi connectivity index (χ0) is 19.9. The van der Waals surface area contributed by atoms with E-state index in [-0.39, 0.29) is 13.2 Å². The van der Waals surface area contributed by atoms with Gasteiger partial charge in [0.1, 0.15) is 16.6 Å². The lowest BCUT2D eigenvalue weighted by molar-refractivity contribution is -0.125. The molecule has 0 saturated heterocycles. The third-order valence-corrected chi connectivity index (χ3v) is 4.67. The van der Waals surface area contributed by atoms with E-state index in [9.17, 15) is 14.0 Å². The van der Waals surface area contributed by atoms with Gasteiger partial charge in [-0.15, -0.1) is 11.3 Å². The Morgan fingerprint density at radius 2 is 1.79 bits per heavy atom. The minimum absolute atomic E-state index is 0.206. The maximum atomic E-state index is 12.8. The Balaban J connectivity index is 1.41. The van der Waals surface area contributed by atoms with Crippen molar-refractivity contribution in [3.05, 3.63) is 65.4 Å². The van der Waals surface area contributed by atoms with E-state index in [0.29, 0.717) is 11.4 Å². The van der Waals surface area contributed by atoms with E-state index in [1.807, 2.05) is 24.4 Å². The summed E-state index contributed by atoms with van der Waals surface area (Å²) in [5.74, 6) is -0.682. The third kappa shape index (κ3) is 5.62. The number of carbonyl (C=O) groups excluding carboxylic acids is 2. The lowest BCUT2D eigenvalue weighted by Crippen LogP contribution is -2.35. The van der Waals surface area contributed by atoms with E-state index in [2.05, 4.69) is 15.6 Å². The molecular formula is C20H18FN3O3S. The second kappa shape index (κ2) is 9.09. The quantitative estimate of drug-likeness (QED) is 0.638. The SMILES string of the molecule is Cc1csc(-c2ccc(OCC(=O)NCC(=O)Nc3ccc(F)cc3)cc2)n1. The van der Waals surface area contributed by atoms with Gasteiger partial charge in [0.2, 0.25) is 5.91 Å². The Bertz CT molecular complexity index is 956. The lowest BCUT2D eigenvalue weighted by Gasteiger charge is -2.08. The van der Waals surface area contributed by atoms with Gasteiger partial charge in [-0.25, -0.2) is 9.37 Å². The van der Waals surface area contributed by atoms with Crippen LogP contribution in [0.1, 0.15) is 5.69 Å². The molecule has 8 heteroatoms. The lowest BCUT2D eigenvalue weighted by atomic mass is 10.2. The summed E-state index contributed by atoms with van der Waals surface area (Å²) in [6.07, 6.45) is 0. The van der Waals surface area contributed by atoms with E-state index >= 15 is 0 Å². The van der Waals surface area contributed by atoms with Crippen molar-refractivity contribution in [1.29, 1.82) is 0 Å². The molecule has 0 saturated carbocycles. The average molecular weight is 399 g/mol. The van der Waals surface area contributed by atoms with Gasteiger partial charge < -0.3 is 15.4 Å². The van der Waals surface area contributed by atoms with Crippen LogP contribution in [0.3, 0.4) is 0 Å². The minimum atomic E-state index is -0.422. The molecule has 0 unspecified atom stereocenters. The summed E-state index contributed by atoms with van der Waals surface area (Å²) >= 11 is 1.56. The number of carbonyl (C=O) groups is 2. The predicted octanol–water partition coefficient (Wildman–Crippen LogP) is 3.39. The van der Waals surface area contributed by atoms with Crippen LogP contribution < -0.4 is 15.4 Å². The summed E-state index contributed by atoms with van der Waals surface area (Å²) in [6, 6.07) is 12.6. The fourth-order valence-electron chi connectivity index (χ4n) is 2.30. The topological polar surface area (TPSA) is 80.3 Å². The van der Waals surface area contributed by atoms with Gasteiger partial charge in [-0.05, 0) is 55.5 Å². The number of amides is 2. The Labute approximate surface area is 165 Å². The van der Waals surface area contributed by atoms with Crippen molar-refractivity contribution in [2.24, 2.45) is 0 Å². The molecule has 1 aromatic heterocycles. The molecule has 0 atom stereocenters. The number of anilines is 1. The highest BCUT2D eigenvalue weighted by Gasteiger charge is 2.08. The van der Waals surface area contributed by atoms with Crippen molar-refractivity contribution in [2.45, 2.75) is 6.92 Å². The number of aromatic nitrogens is 1. The maximum absolute atomic E-state index is 12.8. The number of hydrogen-bond donors (Lipinski definition) is 2. The van der Waals surface area contributed by atoms with Crippen molar-refractivity contribution in [3.63, 3.8) is 0 Å². The third-order valence-electron chi connectivity index (χ3n) is 3.66. The van der Waals surface area contributed by atoms with Crippen molar-refractivity contribution >= 4 is 28.8 Å². The number of benzene rings is 2. The first-order valence-corrected chi connectivity index (χ1v) is 9.35. The molecule has 0 aliphatic rings. The van der Waals surface area contributed by atoms with E-state index in [0.717, 1.165) is 16.3 Å². The smallest absolute Gasteiger partial charge is 0.258 e. The largest absolute Gasteiger partial charge is 0.484 e. The van der Waals surface area contributed by atoms with Crippen LogP contribution in [-0.4, -0.2) is 29.9 Å². The number of halogens is 1. The summed E-state index contributed by atoms with van der Waals surface area (Å²) in [6.45, 7) is 1.53. The highest BCUT2D eigenvalue weighted by Crippen LogP contribution is 2.25. The molecule has 0 spiro atoms. The molecule has 0 aliphatic heterocycles. The summed E-state index contributed by atoms with van der Waals surface area (Å²) in [7, 11) is 0. The zero-order valence-corrected chi connectivity index (χ0v) is 15.9. The first-order chi connectivity index (χ1) is 13.5. The molecule has 2 amide bonds. The first kappa shape index (κ1) is 19.5. The summed E-state index contributed by atoms with van der Waals surface area (Å²) in [5, 5.41) is 7.93. The molecule has 0 radical (unpaired) electrons. The van der Waals surface area contributed by atoms with Gasteiger partial charge in [0.15, 0.2) is 6.61 Å². The Kier molecular flexibility index (Phi) is 6.33. The molecule has 144 valence electrons. The molecule has 0 fully saturated rings. The fourth-order valence-corrected chi connectivity index (χ4v) is 3.10. The van der Waals surface area contributed by atoms with Gasteiger partial charge in [-0.1, -0.05) is 0 Å². The van der Waals surface area contributed by atoms with Crippen LogP contribution in [0.5, 0.6) is 5.75 Å². The van der Waals surface area contributed by atoms with Crippen molar-refractivity contribution < 1.29 is 18.7 Å². The molecule has 2 aromatic carbocycles. The van der Waals surface area contributed by atoms with Crippen LogP contribution >= 0.6 is 11.3 Å². The van der Waals surface area contributed by atoms with Crippen molar-refractivity contribution in [2.75, 3.05) is 18.5 Å². The zero-order valence-electron chi connectivity index (χ0n) is 15.1. The Morgan fingerprint density at radius 3 is 2.43 bits per heavy atom. The predicted molar refractivity (Wildman–Crippen MR) is 106 cm³/mol. The molecule has 0 aliphatic carbocycles. The molecule has 6 nitrogen and oxygen atoms in total. The van der Waals surface area contributed by atoms with Crippen LogP contribution in [0.2, 0.25) is 0 Å². The van der Waals surface area contributed by atoms with Crippen molar-refractivity contribution in [1.82, 2.24) is 10.3 Å². The summed E-state index contributed by atoms with van der Waals surface area (Å²) in [4.78, 5) is 28.0. The molecule has 3 aromatic rings. The van der Waals surface area contributed by atoms with E-state index in [1.165, 1.54) is 24.3 Å². The van der Waals surface area contributed by atoms with Gasteiger partial charge in [0.05, 0.1) is 6.54 Å². The van der Waals surface area contributed by atoms with Gasteiger partial charge in [-0.3, -0.25) is 9.59 Å². The first-order valence-electron chi connectivity index (χ1n) is 8.47. The van der Waals surface area contributed by atoms with E-state index in [1.54, 1.807) is 23.5 Å². The number of nitrogens with zero attached hydrogens (tertiary/aromatic N) is 1. The molecule has 0 bridgehead atoms. The van der Waals surface area contributed by atoms with Crippen LogP contribution in [0.4, 0.5) is 10.1 Å². The van der Waals surface area contributed by atoms with Crippen molar-refractivity contribution in [3.8, 4) is 16.3 Å². The van der Waals surface area contributed by atoms with Gasteiger partial charge in [0, 0.05) is 22.3 Å². The summed E-state index contributed by atoms with van der Waals surface area (Å²) in [5.41, 5.74) is 2.40. The number of thiazole rings is 1. The summed E-state index contributed by atoms with van der Waals surface area (Å²) < 4.78 is 18.3. The highest BCUT2D eigenvalue weighted by molar-refractivity contribution is 7.13. The van der Waals surface area contributed by atoms with Gasteiger partial charge in [0.25, 0.3) is 5.91 Å².